The lowest BCUT2D eigenvalue weighted by Gasteiger charge is -2.11. The molecule has 144 valence electrons. The van der Waals surface area contributed by atoms with Gasteiger partial charge in [0.15, 0.2) is 5.16 Å². The Hall–Kier alpha value is -2.91. The van der Waals surface area contributed by atoms with Crippen molar-refractivity contribution in [3.63, 3.8) is 0 Å². The van der Waals surface area contributed by atoms with Crippen LogP contribution in [0.3, 0.4) is 0 Å². The molecule has 0 unspecified atom stereocenters. The van der Waals surface area contributed by atoms with Crippen molar-refractivity contribution in [1.29, 1.82) is 0 Å². The molecular formula is C18H14ClFN4O3S. The number of hydrogen-bond donors (Lipinski definition) is 1. The summed E-state index contributed by atoms with van der Waals surface area (Å²) in [5.41, 5.74) is 1.15. The third-order valence-electron chi connectivity index (χ3n) is 3.87. The predicted molar refractivity (Wildman–Crippen MR) is 106 cm³/mol. The van der Waals surface area contributed by atoms with Gasteiger partial charge in [-0.25, -0.2) is 9.37 Å². The number of halogens is 2. The largest absolute Gasteiger partial charge is 0.323 e. The summed E-state index contributed by atoms with van der Waals surface area (Å²) >= 11 is 7.31. The molecule has 0 saturated heterocycles. The van der Waals surface area contributed by atoms with E-state index in [2.05, 4.69) is 10.3 Å². The van der Waals surface area contributed by atoms with Gasteiger partial charge >= 0.3 is 0 Å². The zero-order valence-corrected chi connectivity index (χ0v) is 16.1. The lowest BCUT2D eigenvalue weighted by Crippen LogP contribution is -2.15. The highest BCUT2D eigenvalue weighted by Gasteiger charge is 2.15. The standard InChI is InChI=1S/C18H14ClFN4O3S/c1-11-13(19)3-2-4-16(11)23-8-7-21-18(23)28-10-17(25)22-15-9-12(24(26)27)5-6-14(15)20/h2-9H,10H2,1H3,(H,22,25). The van der Waals surface area contributed by atoms with Gasteiger partial charge in [0, 0.05) is 29.5 Å². The molecule has 1 N–H and O–H groups in total. The smallest absolute Gasteiger partial charge is 0.271 e. The molecule has 0 atom stereocenters. The van der Waals surface area contributed by atoms with E-state index >= 15 is 0 Å². The summed E-state index contributed by atoms with van der Waals surface area (Å²) in [6.45, 7) is 1.88. The molecule has 0 saturated carbocycles. The maximum atomic E-state index is 13.8. The highest BCUT2D eigenvalue weighted by molar-refractivity contribution is 7.99. The average Bonchev–Trinajstić information content (AvgIpc) is 3.12. The Morgan fingerprint density at radius 2 is 2.18 bits per heavy atom. The Morgan fingerprint density at radius 1 is 1.39 bits per heavy atom. The molecular weight excluding hydrogens is 407 g/mol. The van der Waals surface area contributed by atoms with Crippen molar-refractivity contribution in [3.05, 3.63) is 75.3 Å². The number of nitro benzene ring substituents is 1. The number of hydrogen-bond acceptors (Lipinski definition) is 5. The first kappa shape index (κ1) is 19.8. The molecule has 0 aliphatic heterocycles. The van der Waals surface area contributed by atoms with E-state index in [9.17, 15) is 19.3 Å². The Kier molecular flexibility index (Phi) is 5.96. The number of anilines is 1. The van der Waals surface area contributed by atoms with Crippen molar-refractivity contribution in [1.82, 2.24) is 9.55 Å². The van der Waals surface area contributed by atoms with Gasteiger partial charge in [-0.1, -0.05) is 29.4 Å². The van der Waals surface area contributed by atoms with Gasteiger partial charge in [-0.3, -0.25) is 19.5 Å². The van der Waals surface area contributed by atoms with Gasteiger partial charge < -0.3 is 5.32 Å². The predicted octanol–water partition coefficient (Wildman–Crippen LogP) is 4.61. The number of non-ortho nitro benzene ring substituents is 1. The van der Waals surface area contributed by atoms with E-state index in [1.54, 1.807) is 23.0 Å². The summed E-state index contributed by atoms with van der Waals surface area (Å²) in [4.78, 5) is 26.6. The van der Waals surface area contributed by atoms with E-state index in [0.717, 1.165) is 41.2 Å². The number of rotatable bonds is 6. The summed E-state index contributed by atoms with van der Waals surface area (Å²) in [7, 11) is 0. The molecule has 3 rings (SSSR count). The number of nitro groups is 1. The summed E-state index contributed by atoms with van der Waals surface area (Å²) in [6, 6.07) is 8.43. The molecule has 0 radical (unpaired) electrons. The van der Waals surface area contributed by atoms with Crippen LogP contribution in [0.5, 0.6) is 0 Å². The molecule has 10 heteroatoms. The number of nitrogens with zero attached hydrogens (tertiary/aromatic N) is 3. The summed E-state index contributed by atoms with van der Waals surface area (Å²) < 4.78 is 15.6. The number of thioether (sulfide) groups is 1. The third kappa shape index (κ3) is 4.32. The van der Waals surface area contributed by atoms with E-state index in [-0.39, 0.29) is 17.1 Å². The van der Waals surface area contributed by atoms with Gasteiger partial charge in [0.2, 0.25) is 5.91 Å². The monoisotopic (exact) mass is 420 g/mol. The highest BCUT2D eigenvalue weighted by Crippen LogP contribution is 2.27. The first-order chi connectivity index (χ1) is 13.4. The highest BCUT2D eigenvalue weighted by atomic mass is 35.5. The number of nitrogens with one attached hydrogen (secondary N) is 1. The first-order valence-corrected chi connectivity index (χ1v) is 9.38. The first-order valence-electron chi connectivity index (χ1n) is 8.02. The van der Waals surface area contributed by atoms with Crippen LogP contribution >= 0.6 is 23.4 Å². The van der Waals surface area contributed by atoms with E-state index in [1.807, 2.05) is 19.1 Å². The van der Waals surface area contributed by atoms with Crippen molar-refractivity contribution in [2.24, 2.45) is 0 Å². The summed E-state index contributed by atoms with van der Waals surface area (Å²) in [5.74, 6) is -1.32. The van der Waals surface area contributed by atoms with Crippen LogP contribution in [0.2, 0.25) is 5.02 Å². The van der Waals surface area contributed by atoms with Gasteiger partial charge in [0.25, 0.3) is 5.69 Å². The lowest BCUT2D eigenvalue weighted by atomic mass is 10.2. The van der Waals surface area contributed by atoms with Gasteiger partial charge in [-0.2, -0.15) is 0 Å². The minimum absolute atomic E-state index is 0.0568. The zero-order valence-electron chi connectivity index (χ0n) is 14.6. The van der Waals surface area contributed by atoms with Gasteiger partial charge in [-0.05, 0) is 30.7 Å². The van der Waals surface area contributed by atoms with Crippen molar-refractivity contribution in [2.45, 2.75) is 12.1 Å². The van der Waals surface area contributed by atoms with Crippen LogP contribution in [-0.4, -0.2) is 26.1 Å². The fourth-order valence-corrected chi connectivity index (χ4v) is 3.41. The van der Waals surface area contributed by atoms with E-state index in [4.69, 9.17) is 11.6 Å². The van der Waals surface area contributed by atoms with Crippen LogP contribution in [0.4, 0.5) is 15.8 Å². The zero-order chi connectivity index (χ0) is 20.3. The van der Waals surface area contributed by atoms with E-state index in [0.29, 0.717) is 10.2 Å². The van der Waals surface area contributed by atoms with Crippen LogP contribution in [0.1, 0.15) is 5.56 Å². The number of benzene rings is 2. The number of aromatic nitrogens is 2. The summed E-state index contributed by atoms with van der Waals surface area (Å²) in [6.07, 6.45) is 3.35. The van der Waals surface area contributed by atoms with Crippen molar-refractivity contribution < 1.29 is 14.1 Å². The number of amides is 1. The minimum Gasteiger partial charge on any atom is -0.323 e. The molecule has 3 aromatic rings. The molecule has 1 amide bonds. The second-order valence-electron chi connectivity index (χ2n) is 5.72. The van der Waals surface area contributed by atoms with Gasteiger partial charge in [0.05, 0.1) is 22.1 Å². The fourth-order valence-electron chi connectivity index (χ4n) is 2.48. The molecule has 0 fully saturated rings. The maximum Gasteiger partial charge on any atom is 0.271 e. The summed E-state index contributed by atoms with van der Waals surface area (Å²) in [5, 5.41) is 14.3. The number of imidazole rings is 1. The third-order valence-corrected chi connectivity index (χ3v) is 5.25. The second-order valence-corrected chi connectivity index (χ2v) is 7.07. The van der Waals surface area contributed by atoms with Crippen LogP contribution in [0, 0.1) is 22.9 Å². The molecule has 0 aliphatic carbocycles. The molecule has 1 aromatic heterocycles. The quantitative estimate of drug-likeness (QED) is 0.357. The van der Waals surface area contributed by atoms with Crippen molar-refractivity contribution in [2.75, 3.05) is 11.1 Å². The molecule has 7 nitrogen and oxygen atoms in total. The van der Waals surface area contributed by atoms with Gasteiger partial charge in [0.1, 0.15) is 5.82 Å². The topological polar surface area (TPSA) is 90.1 Å². The van der Waals surface area contributed by atoms with Crippen LogP contribution < -0.4 is 5.32 Å². The molecule has 0 aliphatic rings. The van der Waals surface area contributed by atoms with Crippen LogP contribution in [-0.2, 0) is 4.79 Å². The Balaban J connectivity index is 1.72. The van der Waals surface area contributed by atoms with Crippen LogP contribution in [0.25, 0.3) is 5.69 Å². The SMILES string of the molecule is Cc1c(Cl)cccc1-n1ccnc1SCC(=O)Nc1cc([N+](=O)[O-])ccc1F. The average molecular weight is 421 g/mol. The maximum absolute atomic E-state index is 13.8. The van der Waals surface area contributed by atoms with Gasteiger partial charge in [-0.15, -0.1) is 0 Å². The molecule has 1 heterocycles. The Morgan fingerprint density at radius 3 is 2.93 bits per heavy atom. The van der Waals surface area contributed by atoms with E-state index in [1.165, 1.54) is 0 Å². The number of carbonyl (C=O) groups is 1. The van der Waals surface area contributed by atoms with E-state index < -0.39 is 16.6 Å². The second kappa shape index (κ2) is 8.41. The molecule has 2 aromatic carbocycles. The fraction of sp³-hybridized carbons (Fsp3) is 0.111. The minimum atomic E-state index is -0.750. The normalized spacial score (nSPS) is 10.7. The molecule has 0 bridgehead atoms. The number of carbonyl (C=O) groups excluding carboxylic acids is 1. The van der Waals surface area contributed by atoms with Crippen molar-refractivity contribution >= 4 is 40.6 Å². The Bertz CT molecular complexity index is 1060. The van der Waals surface area contributed by atoms with Crippen molar-refractivity contribution in [3.8, 4) is 5.69 Å². The molecule has 0 spiro atoms. The lowest BCUT2D eigenvalue weighted by molar-refractivity contribution is -0.384. The Labute approximate surface area is 168 Å². The molecule has 28 heavy (non-hydrogen) atoms. The van der Waals surface area contributed by atoms with Crippen LogP contribution in [0.15, 0.2) is 53.9 Å².